The van der Waals surface area contributed by atoms with Gasteiger partial charge in [0.1, 0.15) is 11.5 Å². The molecular formula is C22H25N3O2. The highest BCUT2D eigenvalue weighted by Crippen LogP contribution is 2.29. The summed E-state index contributed by atoms with van der Waals surface area (Å²) < 4.78 is 10.8. The third kappa shape index (κ3) is 4.63. The molecule has 1 atom stereocenters. The molecule has 1 N–H and O–H groups in total. The zero-order valence-corrected chi connectivity index (χ0v) is 16.2. The summed E-state index contributed by atoms with van der Waals surface area (Å²) in [4.78, 5) is 9.01. The van der Waals surface area contributed by atoms with E-state index in [0.717, 1.165) is 34.0 Å². The van der Waals surface area contributed by atoms with Gasteiger partial charge < -0.3 is 14.8 Å². The van der Waals surface area contributed by atoms with E-state index in [9.17, 15) is 0 Å². The molecule has 0 amide bonds. The second kappa shape index (κ2) is 8.64. The van der Waals surface area contributed by atoms with Crippen molar-refractivity contribution in [3.63, 3.8) is 0 Å². The molecule has 5 heteroatoms. The van der Waals surface area contributed by atoms with Gasteiger partial charge in [-0.1, -0.05) is 23.8 Å². The minimum atomic E-state index is 0.0894. The Bertz CT molecular complexity index is 894. The van der Waals surface area contributed by atoms with E-state index in [2.05, 4.69) is 41.3 Å². The van der Waals surface area contributed by atoms with Gasteiger partial charge in [-0.2, -0.15) is 0 Å². The zero-order valence-electron chi connectivity index (χ0n) is 16.2. The fourth-order valence-corrected chi connectivity index (χ4v) is 2.94. The van der Waals surface area contributed by atoms with Crippen LogP contribution >= 0.6 is 0 Å². The quantitative estimate of drug-likeness (QED) is 0.677. The van der Waals surface area contributed by atoms with Crippen LogP contribution in [0.15, 0.2) is 54.9 Å². The maximum absolute atomic E-state index is 5.47. The summed E-state index contributed by atoms with van der Waals surface area (Å²) in [7, 11) is 3.34. The Balaban J connectivity index is 1.68. The van der Waals surface area contributed by atoms with Gasteiger partial charge in [0, 0.05) is 41.7 Å². The van der Waals surface area contributed by atoms with E-state index in [1.807, 2.05) is 42.7 Å². The number of aromatic nitrogens is 2. The molecule has 27 heavy (non-hydrogen) atoms. The average Bonchev–Trinajstić information content (AvgIpc) is 2.71. The molecule has 0 aliphatic heterocycles. The Morgan fingerprint density at radius 1 is 1.00 bits per heavy atom. The van der Waals surface area contributed by atoms with Crippen LogP contribution in [-0.4, -0.2) is 24.2 Å². The summed E-state index contributed by atoms with van der Waals surface area (Å²) in [5.74, 6) is 2.39. The largest absolute Gasteiger partial charge is 0.497 e. The van der Waals surface area contributed by atoms with Crippen molar-refractivity contribution in [3.8, 4) is 22.9 Å². The average molecular weight is 363 g/mol. The first-order chi connectivity index (χ1) is 13.1. The summed E-state index contributed by atoms with van der Waals surface area (Å²) >= 11 is 0. The van der Waals surface area contributed by atoms with E-state index < -0.39 is 0 Å². The molecule has 0 saturated carbocycles. The van der Waals surface area contributed by atoms with Crippen LogP contribution in [0.25, 0.3) is 11.4 Å². The molecule has 0 aliphatic carbocycles. The highest BCUT2D eigenvalue weighted by Gasteiger charge is 2.13. The topological polar surface area (TPSA) is 56.3 Å². The van der Waals surface area contributed by atoms with Crippen molar-refractivity contribution in [1.82, 2.24) is 15.3 Å². The number of nitrogens with one attached hydrogen (secondary N) is 1. The number of aryl methyl sites for hydroxylation is 1. The number of nitrogens with zero attached hydrogens (tertiary/aromatic N) is 2. The first-order valence-electron chi connectivity index (χ1n) is 8.94. The van der Waals surface area contributed by atoms with Gasteiger partial charge in [0.25, 0.3) is 0 Å². The smallest absolute Gasteiger partial charge is 0.159 e. The van der Waals surface area contributed by atoms with Gasteiger partial charge in [0.15, 0.2) is 5.82 Å². The lowest BCUT2D eigenvalue weighted by Crippen LogP contribution is -2.19. The highest BCUT2D eigenvalue weighted by molar-refractivity contribution is 5.55. The molecule has 1 heterocycles. The lowest BCUT2D eigenvalue weighted by molar-refractivity contribution is 0.391. The van der Waals surface area contributed by atoms with Crippen LogP contribution in [-0.2, 0) is 6.54 Å². The highest BCUT2D eigenvalue weighted by atomic mass is 16.5. The van der Waals surface area contributed by atoms with Crippen LogP contribution in [0.4, 0.5) is 0 Å². The fraction of sp³-hybridized carbons (Fsp3) is 0.273. The van der Waals surface area contributed by atoms with Gasteiger partial charge in [-0.3, -0.25) is 0 Å². The van der Waals surface area contributed by atoms with Crippen molar-refractivity contribution < 1.29 is 9.47 Å². The molecule has 0 bridgehead atoms. The van der Waals surface area contributed by atoms with Crippen molar-refractivity contribution in [3.05, 3.63) is 71.5 Å². The number of ether oxygens (including phenoxy) is 2. The predicted octanol–water partition coefficient (Wildman–Crippen LogP) is 4.32. The second-order valence-electron chi connectivity index (χ2n) is 6.49. The minimum absolute atomic E-state index is 0.0894. The molecule has 3 aromatic rings. The van der Waals surface area contributed by atoms with Crippen LogP contribution in [0.1, 0.15) is 29.7 Å². The maximum atomic E-state index is 5.47. The first-order valence-corrected chi connectivity index (χ1v) is 8.94. The van der Waals surface area contributed by atoms with Crippen molar-refractivity contribution >= 4 is 0 Å². The van der Waals surface area contributed by atoms with Crippen molar-refractivity contribution in [1.29, 1.82) is 0 Å². The Morgan fingerprint density at radius 2 is 1.78 bits per heavy atom. The Kier molecular flexibility index (Phi) is 6.04. The summed E-state index contributed by atoms with van der Waals surface area (Å²) in [6, 6.07) is 14.1. The summed E-state index contributed by atoms with van der Waals surface area (Å²) in [5.41, 5.74) is 4.31. The van der Waals surface area contributed by atoms with E-state index in [4.69, 9.17) is 9.47 Å². The standard InChI is InChI=1S/C22H25N3O2/c1-15-6-5-7-18(10-15)22-24-13-17(14-25-22)12-23-16(2)20-11-19(26-3)8-9-21(20)27-4/h5-11,13-14,16,23H,12H2,1-4H3/t16-/m1/s1. The molecule has 0 saturated heterocycles. The molecule has 0 aliphatic rings. The first kappa shape index (κ1) is 18.9. The van der Waals surface area contributed by atoms with E-state index >= 15 is 0 Å². The Morgan fingerprint density at radius 3 is 2.44 bits per heavy atom. The Labute approximate surface area is 160 Å². The number of methoxy groups -OCH3 is 2. The van der Waals surface area contributed by atoms with Crippen LogP contribution in [0, 0.1) is 6.92 Å². The molecular weight excluding hydrogens is 338 g/mol. The molecule has 5 nitrogen and oxygen atoms in total. The lowest BCUT2D eigenvalue weighted by Gasteiger charge is -2.18. The number of hydrogen-bond acceptors (Lipinski definition) is 5. The SMILES string of the molecule is COc1ccc(OC)c([C@@H](C)NCc2cnc(-c3cccc(C)c3)nc2)c1. The number of hydrogen-bond donors (Lipinski definition) is 1. The van der Waals surface area contributed by atoms with Crippen LogP contribution < -0.4 is 14.8 Å². The molecule has 1 aromatic heterocycles. The molecule has 0 fully saturated rings. The van der Waals surface area contributed by atoms with Gasteiger partial charge in [-0.05, 0) is 38.1 Å². The van der Waals surface area contributed by atoms with Crippen molar-refractivity contribution in [2.24, 2.45) is 0 Å². The van der Waals surface area contributed by atoms with Crippen molar-refractivity contribution in [2.75, 3.05) is 14.2 Å². The van der Waals surface area contributed by atoms with E-state index in [1.165, 1.54) is 5.56 Å². The monoisotopic (exact) mass is 363 g/mol. The van der Waals surface area contributed by atoms with Crippen LogP contribution in [0.3, 0.4) is 0 Å². The van der Waals surface area contributed by atoms with Gasteiger partial charge in [0.05, 0.1) is 14.2 Å². The summed E-state index contributed by atoms with van der Waals surface area (Å²) in [6.45, 7) is 4.82. The third-order valence-electron chi connectivity index (χ3n) is 4.50. The third-order valence-corrected chi connectivity index (χ3v) is 4.50. The van der Waals surface area contributed by atoms with Gasteiger partial charge in [-0.15, -0.1) is 0 Å². The second-order valence-corrected chi connectivity index (χ2v) is 6.49. The molecule has 2 aromatic carbocycles. The maximum Gasteiger partial charge on any atom is 0.159 e. The summed E-state index contributed by atoms with van der Waals surface area (Å²) in [6.07, 6.45) is 3.74. The molecule has 3 rings (SSSR count). The van der Waals surface area contributed by atoms with Gasteiger partial charge >= 0.3 is 0 Å². The molecule has 0 unspecified atom stereocenters. The molecule has 140 valence electrons. The number of benzene rings is 2. The summed E-state index contributed by atoms with van der Waals surface area (Å²) in [5, 5.41) is 3.49. The fourth-order valence-electron chi connectivity index (χ4n) is 2.94. The van der Waals surface area contributed by atoms with Crippen LogP contribution in [0.2, 0.25) is 0 Å². The van der Waals surface area contributed by atoms with Gasteiger partial charge in [0.2, 0.25) is 0 Å². The van der Waals surface area contributed by atoms with E-state index in [1.54, 1.807) is 14.2 Å². The van der Waals surface area contributed by atoms with E-state index in [-0.39, 0.29) is 6.04 Å². The van der Waals surface area contributed by atoms with Gasteiger partial charge in [-0.25, -0.2) is 9.97 Å². The normalized spacial score (nSPS) is 11.9. The predicted molar refractivity (Wildman–Crippen MR) is 107 cm³/mol. The molecule has 0 radical (unpaired) electrons. The Hall–Kier alpha value is -2.92. The minimum Gasteiger partial charge on any atom is -0.497 e. The van der Waals surface area contributed by atoms with Crippen molar-refractivity contribution in [2.45, 2.75) is 26.4 Å². The lowest BCUT2D eigenvalue weighted by atomic mass is 10.1. The number of rotatable bonds is 7. The molecule has 0 spiro atoms. The van der Waals surface area contributed by atoms with Crippen LogP contribution in [0.5, 0.6) is 11.5 Å². The zero-order chi connectivity index (χ0) is 19.2. The van der Waals surface area contributed by atoms with E-state index in [0.29, 0.717) is 6.54 Å².